The molecule has 4 atom stereocenters. The summed E-state index contributed by atoms with van der Waals surface area (Å²) in [6, 6.07) is -0.824. The summed E-state index contributed by atoms with van der Waals surface area (Å²) in [5.41, 5.74) is 12.1. The third-order valence-electron chi connectivity index (χ3n) is 6.34. The lowest BCUT2D eigenvalue weighted by atomic mass is 9.89. The molecular weight excluding hydrogens is 561 g/mol. The smallest absolute Gasteiger partial charge is 0.313 e. The van der Waals surface area contributed by atoms with Gasteiger partial charge in [0.15, 0.2) is 15.2 Å². The number of oxime groups is 1. The number of β-lactam (4-membered cyclic amide) rings is 1. The lowest BCUT2D eigenvalue weighted by Crippen LogP contribution is -2.74. The summed E-state index contributed by atoms with van der Waals surface area (Å²) in [4.78, 5) is 49.7. The molecule has 2 amide bonds. The second-order valence-corrected chi connectivity index (χ2v) is 13.0. The largest absolute Gasteiger partial charge is 0.481 e. The average molecular weight is 585 g/mol. The second kappa shape index (κ2) is 10.7. The van der Waals surface area contributed by atoms with Crippen LogP contribution in [0.15, 0.2) is 20.4 Å². The van der Waals surface area contributed by atoms with Crippen LogP contribution in [0.3, 0.4) is 0 Å². The number of carboxylic acid groups (broad SMARTS) is 1. The number of carbonyl (C=O) groups excluding carboxylic acids is 2. The van der Waals surface area contributed by atoms with E-state index in [4.69, 9.17) is 16.3 Å². The molecule has 0 spiro atoms. The first-order chi connectivity index (χ1) is 17.8. The normalized spacial score (nSPS) is 26.2. The quantitative estimate of drug-likeness (QED) is 0.122. The van der Waals surface area contributed by atoms with Gasteiger partial charge in [-0.15, -0.1) is 33.3 Å². The van der Waals surface area contributed by atoms with E-state index >= 15 is 0 Å². The van der Waals surface area contributed by atoms with Crippen molar-refractivity contribution in [3.8, 4) is 0 Å². The Morgan fingerprint density at radius 2 is 2.22 bits per heavy atom. The number of aliphatic carboxylic acids is 1. The topological polar surface area (TPSA) is 199 Å². The van der Waals surface area contributed by atoms with Gasteiger partial charge in [0, 0.05) is 30.0 Å². The number of nitrogens with one attached hydrogen (secondary N) is 1. The molecule has 3 fully saturated rings. The Kier molecular flexibility index (Phi) is 7.58. The zero-order chi connectivity index (χ0) is 26.2. The number of thiazole rings is 1. The predicted molar refractivity (Wildman–Crippen MR) is 140 cm³/mol. The van der Waals surface area contributed by atoms with E-state index in [-0.39, 0.29) is 58.5 Å². The molecule has 2 aliphatic heterocycles. The SMILES string of the molecule is NCC(ON=C(C(=O)NC1C(=O)N2CC(CSc3nncs3)(C(=O)O)CS[C@H]12)c1csc(N)n1)C1CC1. The van der Waals surface area contributed by atoms with E-state index in [1.165, 1.54) is 39.8 Å². The molecule has 2 aromatic heterocycles. The highest BCUT2D eigenvalue weighted by atomic mass is 32.2. The Balaban J connectivity index is 1.26. The van der Waals surface area contributed by atoms with Crippen LogP contribution in [0.4, 0.5) is 5.13 Å². The lowest BCUT2D eigenvalue weighted by molar-refractivity contribution is -0.157. The number of thioether (sulfide) groups is 2. The first kappa shape index (κ1) is 26.1. The zero-order valence-corrected chi connectivity index (χ0v) is 22.6. The minimum absolute atomic E-state index is 0.0449. The Morgan fingerprint density at radius 1 is 1.41 bits per heavy atom. The fraction of sp³-hybridized carbons (Fsp3) is 0.550. The maximum atomic E-state index is 13.2. The van der Waals surface area contributed by atoms with Crippen molar-refractivity contribution in [2.45, 2.75) is 34.7 Å². The van der Waals surface area contributed by atoms with Gasteiger partial charge in [0.1, 0.15) is 34.1 Å². The van der Waals surface area contributed by atoms with Gasteiger partial charge in [0.25, 0.3) is 5.91 Å². The summed E-state index contributed by atoms with van der Waals surface area (Å²) in [6.45, 7) is 0.309. The monoisotopic (exact) mass is 584 g/mol. The predicted octanol–water partition coefficient (Wildman–Crippen LogP) is 0.298. The third-order valence-corrected chi connectivity index (χ3v) is 10.7. The van der Waals surface area contributed by atoms with E-state index in [1.807, 2.05) is 0 Å². The molecule has 17 heteroatoms. The first-order valence-corrected chi connectivity index (χ1v) is 15.1. The summed E-state index contributed by atoms with van der Waals surface area (Å²) in [6.07, 6.45) is 1.67. The van der Waals surface area contributed by atoms with Crippen LogP contribution in [0.1, 0.15) is 18.5 Å². The number of carbonyl (C=O) groups is 3. The van der Waals surface area contributed by atoms with E-state index < -0.39 is 23.3 Å². The van der Waals surface area contributed by atoms with E-state index in [0.29, 0.717) is 10.3 Å². The van der Waals surface area contributed by atoms with Crippen LogP contribution in [0.5, 0.6) is 0 Å². The van der Waals surface area contributed by atoms with Crippen molar-refractivity contribution in [1.82, 2.24) is 25.4 Å². The highest BCUT2D eigenvalue weighted by molar-refractivity contribution is 8.01. The number of nitrogens with zero attached hydrogens (tertiary/aromatic N) is 5. The summed E-state index contributed by atoms with van der Waals surface area (Å²) in [5.74, 6) is -1.13. The molecule has 6 N–H and O–H groups in total. The van der Waals surface area contributed by atoms with Crippen LogP contribution >= 0.6 is 46.2 Å². The van der Waals surface area contributed by atoms with Gasteiger partial charge in [-0.05, 0) is 18.8 Å². The van der Waals surface area contributed by atoms with E-state index in [0.717, 1.165) is 24.2 Å². The molecule has 3 aliphatic rings. The minimum Gasteiger partial charge on any atom is -0.481 e. The molecular formula is C20H24N8O5S4. The van der Waals surface area contributed by atoms with Crippen LogP contribution in [-0.4, -0.2) is 90.8 Å². The maximum absolute atomic E-state index is 13.2. The van der Waals surface area contributed by atoms with Crippen molar-refractivity contribution in [2.75, 3.05) is 30.3 Å². The molecule has 1 saturated carbocycles. The standard InChI is InChI=1S/C20H24N8O5S4/c21-3-11(9-1-2-9)33-27-12(10-4-34-18(22)24-10)14(29)25-13-15(30)28-5-20(17(31)32,6-35-16(13)28)7-36-19-26-23-8-37-19/h4,8-9,11,13,16H,1-3,5-7,21H2,(H2,22,24)(H,25,29)(H,31,32)/t11?,13?,16-,20?/m1/s1. The number of nitrogens with two attached hydrogens (primary N) is 2. The fourth-order valence-electron chi connectivity index (χ4n) is 4.05. The number of fused-ring (bicyclic) bond motifs is 1. The van der Waals surface area contributed by atoms with Crippen LogP contribution in [0.25, 0.3) is 0 Å². The van der Waals surface area contributed by atoms with Crippen molar-refractivity contribution in [2.24, 2.45) is 22.2 Å². The van der Waals surface area contributed by atoms with Crippen LogP contribution < -0.4 is 16.8 Å². The molecule has 0 aromatic carbocycles. The summed E-state index contributed by atoms with van der Waals surface area (Å²) < 4.78 is 0.670. The molecule has 13 nitrogen and oxygen atoms in total. The molecule has 2 aromatic rings. The summed E-state index contributed by atoms with van der Waals surface area (Å²) in [7, 11) is 0. The molecule has 0 bridgehead atoms. The number of nitrogen functional groups attached to an aromatic ring is 1. The minimum atomic E-state index is -1.14. The molecule has 2 saturated heterocycles. The van der Waals surface area contributed by atoms with Crippen LogP contribution in [0, 0.1) is 11.3 Å². The van der Waals surface area contributed by atoms with Crippen molar-refractivity contribution in [3.63, 3.8) is 0 Å². The van der Waals surface area contributed by atoms with Crippen molar-refractivity contribution >= 4 is 74.8 Å². The fourth-order valence-corrected chi connectivity index (χ4v) is 7.95. The first-order valence-electron chi connectivity index (χ1n) is 11.3. The van der Waals surface area contributed by atoms with Gasteiger partial charge in [-0.2, -0.15) is 0 Å². The highest BCUT2D eigenvalue weighted by Gasteiger charge is 2.57. The van der Waals surface area contributed by atoms with Crippen LogP contribution in [0.2, 0.25) is 0 Å². The average Bonchev–Trinajstić information content (AvgIpc) is 3.41. The number of amides is 2. The molecule has 1 aliphatic carbocycles. The van der Waals surface area contributed by atoms with Gasteiger partial charge >= 0.3 is 5.97 Å². The van der Waals surface area contributed by atoms with E-state index in [2.05, 4.69) is 25.7 Å². The number of hydrogen-bond acceptors (Lipinski definition) is 14. The molecule has 37 heavy (non-hydrogen) atoms. The lowest BCUT2D eigenvalue weighted by Gasteiger charge is -2.53. The Bertz CT molecular complexity index is 1210. The molecule has 198 valence electrons. The van der Waals surface area contributed by atoms with Gasteiger partial charge in [0.2, 0.25) is 5.91 Å². The van der Waals surface area contributed by atoms with Crippen LogP contribution in [-0.2, 0) is 19.2 Å². The Labute approximate surface area is 227 Å². The van der Waals surface area contributed by atoms with Gasteiger partial charge in [-0.25, -0.2) is 4.98 Å². The van der Waals surface area contributed by atoms with E-state index in [9.17, 15) is 19.5 Å². The highest BCUT2D eigenvalue weighted by Crippen LogP contribution is 2.44. The Morgan fingerprint density at radius 3 is 2.84 bits per heavy atom. The van der Waals surface area contributed by atoms with E-state index in [1.54, 1.807) is 10.9 Å². The molecule has 0 radical (unpaired) electrons. The van der Waals surface area contributed by atoms with Gasteiger partial charge in [-0.3, -0.25) is 14.4 Å². The maximum Gasteiger partial charge on any atom is 0.313 e. The molecule has 3 unspecified atom stereocenters. The number of carboxylic acids is 1. The molecule has 5 rings (SSSR count). The number of aromatic nitrogens is 3. The van der Waals surface area contributed by atoms with Gasteiger partial charge in [0.05, 0.1) is 0 Å². The second-order valence-electron chi connectivity index (χ2n) is 8.93. The van der Waals surface area contributed by atoms with Crippen molar-refractivity contribution < 1.29 is 24.3 Å². The Hall–Kier alpha value is -2.47. The van der Waals surface area contributed by atoms with Gasteiger partial charge < -0.3 is 31.6 Å². The number of anilines is 1. The number of hydrogen-bond donors (Lipinski definition) is 4. The van der Waals surface area contributed by atoms with Gasteiger partial charge in [-0.1, -0.05) is 28.3 Å². The van der Waals surface area contributed by atoms with Crippen molar-refractivity contribution in [1.29, 1.82) is 0 Å². The molecule has 4 heterocycles. The summed E-state index contributed by atoms with van der Waals surface area (Å²) in [5, 5.41) is 26.0. The van der Waals surface area contributed by atoms with Crippen molar-refractivity contribution in [3.05, 3.63) is 16.6 Å². The summed E-state index contributed by atoms with van der Waals surface area (Å²) >= 11 is 5.12. The number of rotatable bonds is 11. The zero-order valence-electron chi connectivity index (χ0n) is 19.3. The third kappa shape index (κ3) is 5.41.